The lowest BCUT2D eigenvalue weighted by Gasteiger charge is -2.15. The van der Waals surface area contributed by atoms with Crippen LogP contribution in [0.4, 0.5) is 10.5 Å². The maximum atomic E-state index is 12.0. The fraction of sp³-hybridized carbons (Fsp3) is 0.357. The first-order valence-corrected chi connectivity index (χ1v) is 6.47. The Labute approximate surface area is 121 Å². The van der Waals surface area contributed by atoms with Gasteiger partial charge in [-0.25, -0.2) is 4.79 Å². The van der Waals surface area contributed by atoms with Crippen molar-refractivity contribution in [1.82, 2.24) is 10.2 Å². The molecule has 21 heavy (non-hydrogen) atoms. The molecule has 1 aromatic rings. The number of nitrogens with one attached hydrogen (secondary N) is 2. The second kappa shape index (κ2) is 5.53. The molecule has 0 aliphatic carbocycles. The third kappa shape index (κ3) is 3.19. The highest BCUT2D eigenvalue weighted by Gasteiger charge is 2.44. The fourth-order valence-corrected chi connectivity index (χ4v) is 2.05. The molecule has 3 N–H and O–H groups in total. The molecule has 112 valence electrons. The SMILES string of the molecule is CC1(C)NC(=O)N(CC(=O)Nc2cccc(CO)c2)C1=O. The molecule has 1 fully saturated rings. The Morgan fingerprint density at radius 3 is 2.67 bits per heavy atom. The fourth-order valence-electron chi connectivity index (χ4n) is 2.05. The predicted octanol–water partition coefficient (Wildman–Crippen LogP) is 0.448. The van der Waals surface area contributed by atoms with Crippen LogP contribution in [0.15, 0.2) is 24.3 Å². The number of carbonyl (C=O) groups excluding carboxylic acids is 3. The van der Waals surface area contributed by atoms with Gasteiger partial charge in [-0.1, -0.05) is 12.1 Å². The Morgan fingerprint density at radius 2 is 2.10 bits per heavy atom. The van der Waals surface area contributed by atoms with Gasteiger partial charge in [-0.2, -0.15) is 0 Å². The van der Waals surface area contributed by atoms with Gasteiger partial charge in [0.05, 0.1) is 6.61 Å². The summed E-state index contributed by atoms with van der Waals surface area (Å²) in [5.41, 5.74) is 0.163. The summed E-state index contributed by atoms with van der Waals surface area (Å²) in [5.74, 6) is -0.918. The van der Waals surface area contributed by atoms with E-state index in [-0.39, 0.29) is 13.2 Å². The topological polar surface area (TPSA) is 98.7 Å². The molecule has 1 aromatic carbocycles. The van der Waals surface area contributed by atoms with Crippen LogP contribution in [0.25, 0.3) is 0 Å². The standard InChI is InChI=1S/C14H17N3O4/c1-14(2)12(20)17(13(21)16-14)7-11(19)15-10-5-3-4-9(6-10)8-18/h3-6,18H,7-8H2,1-2H3,(H,15,19)(H,16,21). The van der Waals surface area contributed by atoms with E-state index in [1.807, 2.05) is 0 Å². The Hall–Kier alpha value is -2.41. The molecule has 7 nitrogen and oxygen atoms in total. The van der Waals surface area contributed by atoms with Crippen molar-refractivity contribution in [3.05, 3.63) is 29.8 Å². The monoisotopic (exact) mass is 291 g/mol. The van der Waals surface area contributed by atoms with Crippen LogP contribution in [-0.2, 0) is 16.2 Å². The average molecular weight is 291 g/mol. The van der Waals surface area contributed by atoms with Crippen LogP contribution in [0.1, 0.15) is 19.4 Å². The second-order valence-electron chi connectivity index (χ2n) is 5.35. The summed E-state index contributed by atoms with van der Waals surface area (Å²) in [6.45, 7) is 2.67. The van der Waals surface area contributed by atoms with Crippen molar-refractivity contribution < 1.29 is 19.5 Å². The first kappa shape index (κ1) is 15.0. The van der Waals surface area contributed by atoms with Crippen LogP contribution >= 0.6 is 0 Å². The highest BCUT2D eigenvalue weighted by Crippen LogP contribution is 2.17. The molecule has 7 heteroatoms. The molecule has 1 aliphatic rings. The Kier molecular flexibility index (Phi) is 3.95. The van der Waals surface area contributed by atoms with Gasteiger partial charge >= 0.3 is 6.03 Å². The molecular weight excluding hydrogens is 274 g/mol. The van der Waals surface area contributed by atoms with Crippen molar-refractivity contribution in [2.45, 2.75) is 26.0 Å². The van der Waals surface area contributed by atoms with E-state index >= 15 is 0 Å². The lowest BCUT2D eigenvalue weighted by Crippen LogP contribution is -2.41. The first-order chi connectivity index (χ1) is 9.83. The third-order valence-corrected chi connectivity index (χ3v) is 3.14. The minimum absolute atomic E-state index is 0.134. The number of anilines is 1. The van der Waals surface area contributed by atoms with Crippen LogP contribution in [0.5, 0.6) is 0 Å². The van der Waals surface area contributed by atoms with Crippen LogP contribution in [0.2, 0.25) is 0 Å². The summed E-state index contributed by atoms with van der Waals surface area (Å²) in [7, 11) is 0. The van der Waals surface area contributed by atoms with E-state index < -0.39 is 23.4 Å². The summed E-state index contributed by atoms with van der Waals surface area (Å²) >= 11 is 0. The highest BCUT2D eigenvalue weighted by molar-refractivity contribution is 6.09. The van der Waals surface area contributed by atoms with Crippen molar-refractivity contribution in [1.29, 1.82) is 0 Å². The number of rotatable bonds is 4. The van der Waals surface area contributed by atoms with Crippen molar-refractivity contribution in [3.8, 4) is 0 Å². The Bertz CT molecular complexity index is 598. The molecule has 2 rings (SSSR count). The minimum atomic E-state index is -0.992. The molecule has 0 saturated carbocycles. The maximum absolute atomic E-state index is 12.0. The van der Waals surface area contributed by atoms with E-state index in [2.05, 4.69) is 10.6 Å². The lowest BCUT2D eigenvalue weighted by atomic mass is 10.1. The number of aliphatic hydroxyl groups is 1. The van der Waals surface area contributed by atoms with Crippen LogP contribution in [0, 0.1) is 0 Å². The van der Waals surface area contributed by atoms with Crippen LogP contribution < -0.4 is 10.6 Å². The van der Waals surface area contributed by atoms with Crippen molar-refractivity contribution >= 4 is 23.5 Å². The molecule has 0 atom stereocenters. The van der Waals surface area contributed by atoms with Gasteiger partial charge < -0.3 is 15.7 Å². The normalized spacial score (nSPS) is 16.8. The zero-order chi connectivity index (χ0) is 15.6. The number of amides is 4. The van der Waals surface area contributed by atoms with Gasteiger partial charge in [-0.3, -0.25) is 14.5 Å². The van der Waals surface area contributed by atoms with Gasteiger partial charge in [-0.05, 0) is 31.5 Å². The number of benzene rings is 1. The largest absolute Gasteiger partial charge is 0.392 e. The smallest absolute Gasteiger partial charge is 0.325 e. The zero-order valence-electron chi connectivity index (χ0n) is 11.8. The lowest BCUT2D eigenvalue weighted by molar-refractivity contribution is -0.132. The molecule has 1 aliphatic heterocycles. The third-order valence-electron chi connectivity index (χ3n) is 3.14. The first-order valence-electron chi connectivity index (χ1n) is 6.47. The van der Waals surface area contributed by atoms with Gasteiger partial charge in [0.2, 0.25) is 5.91 Å². The molecule has 0 spiro atoms. The van der Waals surface area contributed by atoms with Gasteiger partial charge in [-0.15, -0.1) is 0 Å². The molecule has 0 aromatic heterocycles. The number of imide groups is 1. The number of hydrogen-bond donors (Lipinski definition) is 3. The molecule has 1 heterocycles. The molecule has 0 bridgehead atoms. The summed E-state index contributed by atoms with van der Waals surface area (Å²) in [6, 6.07) is 6.11. The maximum Gasteiger partial charge on any atom is 0.325 e. The second-order valence-corrected chi connectivity index (χ2v) is 5.35. The van der Waals surface area contributed by atoms with E-state index in [0.29, 0.717) is 11.3 Å². The summed E-state index contributed by atoms with van der Waals surface area (Å²) < 4.78 is 0. The van der Waals surface area contributed by atoms with E-state index in [9.17, 15) is 14.4 Å². The molecule has 0 unspecified atom stereocenters. The van der Waals surface area contributed by atoms with E-state index in [0.717, 1.165) is 4.90 Å². The molecule has 4 amide bonds. The molecule has 1 saturated heterocycles. The number of hydrogen-bond acceptors (Lipinski definition) is 4. The summed E-state index contributed by atoms with van der Waals surface area (Å²) in [5, 5.41) is 14.1. The van der Waals surface area contributed by atoms with Gasteiger partial charge in [0.25, 0.3) is 5.91 Å². The van der Waals surface area contributed by atoms with E-state index in [4.69, 9.17) is 5.11 Å². The van der Waals surface area contributed by atoms with Gasteiger partial charge in [0.15, 0.2) is 0 Å². The predicted molar refractivity (Wildman–Crippen MR) is 75.3 cm³/mol. The Morgan fingerprint density at radius 1 is 1.38 bits per heavy atom. The van der Waals surface area contributed by atoms with E-state index in [1.54, 1.807) is 38.1 Å². The number of urea groups is 1. The van der Waals surface area contributed by atoms with Gasteiger partial charge in [0.1, 0.15) is 12.1 Å². The summed E-state index contributed by atoms with van der Waals surface area (Å²) in [6.07, 6.45) is 0. The molecule has 0 radical (unpaired) electrons. The van der Waals surface area contributed by atoms with Crippen LogP contribution in [0.3, 0.4) is 0 Å². The number of aliphatic hydroxyl groups excluding tert-OH is 1. The van der Waals surface area contributed by atoms with Crippen molar-refractivity contribution in [3.63, 3.8) is 0 Å². The summed E-state index contributed by atoms with van der Waals surface area (Å²) in [4.78, 5) is 36.4. The van der Waals surface area contributed by atoms with Gasteiger partial charge in [0, 0.05) is 5.69 Å². The zero-order valence-corrected chi connectivity index (χ0v) is 11.8. The highest BCUT2D eigenvalue weighted by atomic mass is 16.3. The Balaban J connectivity index is 2.02. The average Bonchev–Trinajstić information content (AvgIpc) is 2.61. The van der Waals surface area contributed by atoms with E-state index in [1.165, 1.54) is 0 Å². The van der Waals surface area contributed by atoms with Crippen LogP contribution in [-0.4, -0.2) is 39.9 Å². The van der Waals surface area contributed by atoms with Crippen molar-refractivity contribution in [2.75, 3.05) is 11.9 Å². The molecular formula is C14H17N3O4. The number of nitrogens with zero attached hydrogens (tertiary/aromatic N) is 1. The minimum Gasteiger partial charge on any atom is -0.392 e. The quantitative estimate of drug-likeness (QED) is 0.701. The van der Waals surface area contributed by atoms with Crippen molar-refractivity contribution in [2.24, 2.45) is 0 Å². The number of carbonyl (C=O) groups is 3.